The molecular formula is C11H9ClF3N3O. The van der Waals surface area contributed by atoms with Crippen LogP contribution in [0, 0.1) is 11.3 Å². The van der Waals surface area contributed by atoms with Crippen LogP contribution in [-0.2, 0) is 4.79 Å². The van der Waals surface area contributed by atoms with Crippen LogP contribution in [0.3, 0.4) is 0 Å². The highest BCUT2D eigenvalue weighted by atomic mass is 35.5. The monoisotopic (exact) mass is 291 g/mol. The molecule has 102 valence electrons. The highest BCUT2D eigenvalue weighted by Gasteiger charge is 2.26. The lowest BCUT2D eigenvalue weighted by atomic mass is 10.2. The van der Waals surface area contributed by atoms with Crippen LogP contribution >= 0.6 is 11.6 Å². The van der Waals surface area contributed by atoms with Crippen LogP contribution in [0.15, 0.2) is 18.2 Å². The van der Waals surface area contributed by atoms with Gasteiger partial charge in [0.15, 0.2) is 0 Å². The second-order valence-corrected chi connectivity index (χ2v) is 3.98. The first-order valence-corrected chi connectivity index (χ1v) is 5.46. The SMILES string of the molecule is N#Cc1cc(NC(=O)CNCC(F)(F)F)ccc1Cl. The molecule has 1 aromatic carbocycles. The molecule has 0 saturated heterocycles. The van der Waals surface area contributed by atoms with E-state index in [0.717, 1.165) is 0 Å². The molecule has 0 fully saturated rings. The summed E-state index contributed by atoms with van der Waals surface area (Å²) >= 11 is 5.69. The third-order valence-corrected chi connectivity index (χ3v) is 2.31. The molecule has 0 unspecified atom stereocenters. The largest absolute Gasteiger partial charge is 0.401 e. The van der Waals surface area contributed by atoms with Crippen molar-refractivity contribution < 1.29 is 18.0 Å². The average Bonchev–Trinajstić information content (AvgIpc) is 2.30. The van der Waals surface area contributed by atoms with Gasteiger partial charge in [0.05, 0.1) is 23.7 Å². The number of nitriles is 1. The van der Waals surface area contributed by atoms with E-state index in [0.29, 0.717) is 5.69 Å². The summed E-state index contributed by atoms with van der Waals surface area (Å²) in [5.41, 5.74) is 0.461. The Morgan fingerprint density at radius 1 is 1.42 bits per heavy atom. The summed E-state index contributed by atoms with van der Waals surface area (Å²) in [7, 11) is 0. The van der Waals surface area contributed by atoms with Gasteiger partial charge in [0.25, 0.3) is 0 Å². The van der Waals surface area contributed by atoms with Gasteiger partial charge in [0, 0.05) is 5.69 Å². The molecule has 0 atom stereocenters. The maximum absolute atomic E-state index is 11.8. The lowest BCUT2D eigenvalue weighted by molar-refractivity contribution is -0.126. The summed E-state index contributed by atoms with van der Waals surface area (Å²) in [6, 6.07) is 6.03. The van der Waals surface area contributed by atoms with Crippen molar-refractivity contribution in [2.45, 2.75) is 6.18 Å². The maximum Gasteiger partial charge on any atom is 0.401 e. The van der Waals surface area contributed by atoms with Gasteiger partial charge in [-0.1, -0.05) is 11.6 Å². The van der Waals surface area contributed by atoms with Crippen molar-refractivity contribution in [1.82, 2.24) is 5.32 Å². The number of amides is 1. The summed E-state index contributed by atoms with van der Waals surface area (Å²) in [6.07, 6.45) is -4.37. The zero-order valence-electron chi connectivity index (χ0n) is 9.51. The molecule has 4 nitrogen and oxygen atoms in total. The van der Waals surface area contributed by atoms with Crippen LogP contribution in [0.4, 0.5) is 18.9 Å². The molecule has 0 radical (unpaired) electrons. The number of hydrogen-bond acceptors (Lipinski definition) is 3. The fourth-order valence-electron chi connectivity index (χ4n) is 1.21. The van der Waals surface area contributed by atoms with Crippen molar-refractivity contribution in [2.75, 3.05) is 18.4 Å². The first-order chi connectivity index (χ1) is 8.81. The molecule has 0 bridgehead atoms. The number of rotatable bonds is 4. The molecular weight excluding hydrogens is 283 g/mol. The van der Waals surface area contributed by atoms with E-state index >= 15 is 0 Å². The molecule has 1 rings (SSSR count). The van der Waals surface area contributed by atoms with Crippen LogP contribution in [0.25, 0.3) is 0 Å². The Kier molecular flexibility index (Phi) is 5.15. The van der Waals surface area contributed by atoms with E-state index in [1.807, 2.05) is 11.4 Å². The molecule has 0 spiro atoms. The van der Waals surface area contributed by atoms with Crippen molar-refractivity contribution in [3.8, 4) is 6.07 Å². The van der Waals surface area contributed by atoms with E-state index in [1.165, 1.54) is 18.2 Å². The third kappa shape index (κ3) is 5.59. The topological polar surface area (TPSA) is 64.9 Å². The average molecular weight is 292 g/mol. The number of alkyl halides is 3. The Labute approximate surface area is 112 Å². The lowest BCUT2D eigenvalue weighted by Gasteiger charge is -2.09. The van der Waals surface area contributed by atoms with Gasteiger partial charge in [-0.25, -0.2) is 0 Å². The minimum atomic E-state index is -4.37. The molecule has 1 amide bonds. The van der Waals surface area contributed by atoms with Gasteiger partial charge >= 0.3 is 6.18 Å². The number of carbonyl (C=O) groups is 1. The normalized spacial score (nSPS) is 10.9. The van der Waals surface area contributed by atoms with Gasteiger partial charge in [-0.15, -0.1) is 0 Å². The van der Waals surface area contributed by atoms with Crippen LogP contribution in [0.1, 0.15) is 5.56 Å². The molecule has 8 heteroatoms. The number of nitrogens with zero attached hydrogens (tertiary/aromatic N) is 1. The number of nitrogens with one attached hydrogen (secondary N) is 2. The zero-order chi connectivity index (χ0) is 14.5. The van der Waals surface area contributed by atoms with Gasteiger partial charge in [-0.05, 0) is 18.2 Å². The summed E-state index contributed by atoms with van der Waals surface area (Å²) in [5.74, 6) is -0.643. The van der Waals surface area contributed by atoms with E-state index in [1.54, 1.807) is 0 Å². The van der Waals surface area contributed by atoms with Gasteiger partial charge in [0.2, 0.25) is 5.91 Å². The Bertz CT molecular complexity index is 511. The standard InChI is InChI=1S/C11H9ClF3N3O/c12-9-2-1-8(3-7(9)4-16)18-10(19)5-17-6-11(13,14)15/h1-3,17H,5-6H2,(H,18,19). The third-order valence-electron chi connectivity index (χ3n) is 1.98. The Balaban J connectivity index is 2.51. The molecule has 1 aromatic rings. The van der Waals surface area contributed by atoms with Crippen LogP contribution in [-0.4, -0.2) is 25.2 Å². The van der Waals surface area contributed by atoms with Crippen LogP contribution in [0.2, 0.25) is 5.02 Å². The molecule has 0 saturated carbocycles. The van der Waals surface area contributed by atoms with Crippen molar-refractivity contribution in [1.29, 1.82) is 5.26 Å². The molecule has 0 heterocycles. The lowest BCUT2D eigenvalue weighted by Crippen LogP contribution is -2.35. The minimum Gasteiger partial charge on any atom is -0.325 e. The zero-order valence-corrected chi connectivity index (χ0v) is 10.3. The molecule has 2 N–H and O–H groups in total. The minimum absolute atomic E-state index is 0.169. The first kappa shape index (κ1) is 15.3. The summed E-state index contributed by atoms with van der Waals surface area (Å²) < 4.78 is 35.5. The van der Waals surface area contributed by atoms with Gasteiger partial charge in [-0.3, -0.25) is 4.79 Å². The van der Waals surface area contributed by atoms with Crippen molar-refractivity contribution >= 4 is 23.2 Å². The second kappa shape index (κ2) is 6.41. The van der Waals surface area contributed by atoms with Gasteiger partial charge in [-0.2, -0.15) is 18.4 Å². The van der Waals surface area contributed by atoms with Crippen molar-refractivity contribution in [3.63, 3.8) is 0 Å². The smallest absolute Gasteiger partial charge is 0.325 e. The van der Waals surface area contributed by atoms with E-state index in [-0.39, 0.29) is 10.6 Å². The highest BCUT2D eigenvalue weighted by molar-refractivity contribution is 6.31. The fraction of sp³-hybridized carbons (Fsp3) is 0.273. The van der Waals surface area contributed by atoms with Crippen LogP contribution in [0.5, 0.6) is 0 Å². The molecule has 0 aliphatic heterocycles. The van der Waals surface area contributed by atoms with Gasteiger partial charge < -0.3 is 10.6 Å². The Hall–Kier alpha value is -1.78. The predicted octanol–water partition coefficient (Wildman–Crippen LogP) is 2.30. The van der Waals surface area contributed by atoms with E-state index in [4.69, 9.17) is 16.9 Å². The fourth-order valence-corrected chi connectivity index (χ4v) is 1.37. The number of benzene rings is 1. The first-order valence-electron chi connectivity index (χ1n) is 5.09. The van der Waals surface area contributed by atoms with E-state index in [2.05, 4.69) is 5.32 Å². The number of anilines is 1. The van der Waals surface area contributed by atoms with E-state index in [9.17, 15) is 18.0 Å². The number of halogens is 4. The van der Waals surface area contributed by atoms with Crippen molar-refractivity contribution in [3.05, 3.63) is 28.8 Å². The molecule has 0 aliphatic rings. The van der Waals surface area contributed by atoms with E-state index < -0.39 is 25.2 Å². The maximum atomic E-state index is 11.8. The van der Waals surface area contributed by atoms with Crippen LogP contribution < -0.4 is 10.6 Å². The molecule has 0 aromatic heterocycles. The quantitative estimate of drug-likeness (QED) is 0.894. The highest BCUT2D eigenvalue weighted by Crippen LogP contribution is 2.19. The van der Waals surface area contributed by atoms with Crippen molar-refractivity contribution in [2.24, 2.45) is 0 Å². The van der Waals surface area contributed by atoms with Gasteiger partial charge in [0.1, 0.15) is 6.07 Å². The number of hydrogen-bond donors (Lipinski definition) is 2. The second-order valence-electron chi connectivity index (χ2n) is 3.57. The summed E-state index contributed by atoms with van der Waals surface area (Å²) in [6.45, 7) is -1.73. The molecule has 19 heavy (non-hydrogen) atoms. The Morgan fingerprint density at radius 3 is 2.68 bits per heavy atom. The Morgan fingerprint density at radius 2 is 2.11 bits per heavy atom. The number of carbonyl (C=O) groups excluding carboxylic acids is 1. The predicted molar refractivity (Wildman–Crippen MR) is 63.7 cm³/mol. The molecule has 0 aliphatic carbocycles. The summed E-state index contributed by atoms with van der Waals surface area (Å²) in [4.78, 5) is 11.3. The summed E-state index contributed by atoms with van der Waals surface area (Å²) in [5, 5.41) is 13.3.